The van der Waals surface area contributed by atoms with Crippen molar-refractivity contribution in [3.63, 3.8) is 0 Å². The molecule has 0 radical (unpaired) electrons. The lowest BCUT2D eigenvalue weighted by Gasteiger charge is -2.33. The van der Waals surface area contributed by atoms with Crippen LogP contribution in [0.25, 0.3) is 77.9 Å². The minimum atomic E-state index is -1.17. The summed E-state index contributed by atoms with van der Waals surface area (Å²) in [5.74, 6) is -1.77. The molecule has 0 heterocycles. The molecule has 0 saturated carbocycles. The molecule has 0 saturated heterocycles. The lowest BCUT2D eigenvalue weighted by atomic mass is 9.68. The average Bonchev–Trinajstić information content (AvgIpc) is 1.51. The standard InChI is InChI=1S/C90H73FN2O2/c1-57-19-34-72(35-20-57)92(74-38-28-63(29-39-74)67-50-68(87(94)95)52-71(91)51-67)73-36-22-60(23-37-73)61-24-40-75(41-25-61)93(86-48-31-65(59-15-11-9-12-16-59)53-81(86)64-17-13-10-14-18-64)76-42-26-62(27-43-76)66-30-45-78-77-44-21-58(2)49-82(77)90(83(78)54-66)84-55-69(88(3,4)5)32-46-79(84)80-47-33-70(56-85(80)90)89(6,7)8/h9-56H,1-8H3,(H,94,95). The van der Waals surface area contributed by atoms with Crippen LogP contribution in [-0.2, 0) is 16.2 Å². The third-order valence-corrected chi connectivity index (χ3v) is 19.5. The number of carboxylic acids is 1. The molecule has 0 aromatic heterocycles. The highest BCUT2D eigenvalue weighted by molar-refractivity contribution is 5.98. The number of rotatable bonds is 12. The summed E-state index contributed by atoms with van der Waals surface area (Å²) in [7, 11) is 0. The van der Waals surface area contributed by atoms with Crippen LogP contribution in [0, 0.1) is 19.7 Å². The predicted molar refractivity (Wildman–Crippen MR) is 393 cm³/mol. The van der Waals surface area contributed by atoms with Gasteiger partial charge in [-0.15, -0.1) is 0 Å². The van der Waals surface area contributed by atoms with Crippen LogP contribution in [0.1, 0.15) is 96.4 Å². The Balaban J connectivity index is 0.822. The Kier molecular flexibility index (Phi) is 14.8. The van der Waals surface area contributed by atoms with Crippen LogP contribution in [-0.4, -0.2) is 11.1 Å². The molecule has 13 aromatic carbocycles. The highest BCUT2D eigenvalue weighted by atomic mass is 19.1. The molecule has 1 N–H and O–H groups in total. The number of carboxylic acid groups (broad SMARTS) is 1. The first kappa shape index (κ1) is 60.1. The van der Waals surface area contributed by atoms with Crippen LogP contribution < -0.4 is 9.80 Å². The maximum atomic E-state index is 14.6. The molecule has 462 valence electrons. The largest absolute Gasteiger partial charge is 0.478 e. The molecule has 15 rings (SSSR count). The summed E-state index contributed by atoms with van der Waals surface area (Å²) in [5.41, 5.74) is 31.1. The highest BCUT2D eigenvalue weighted by Gasteiger charge is 2.52. The lowest BCUT2D eigenvalue weighted by Crippen LogP contribution is -2.27. The maximum absolute atomic E-state index is 14.6. The molecule has 13 aromatic rings. The van der Waals surface area contributed by atoms with E-state index in [9.17, 15) is 14.3 Å². The fourth-order valence-corrected chi connectivity index (χ4v) is 14.5. The third-order valence-electron chi connectivity index (χ3n) is 19.5. The molecular formula is C90H73FN2O2. The second-order valence-corrected chi connectivity index (χ2v) is 27.8. The van der Waals surface area contributed by atoms with Gasteiger partial charge in [0.05, 0.1) is 16.7 Å². The van der Waals surface area contributed by atoms with Crippen LogP contribution >= 0.6 is 0 Å². The monoisotopic (exact) mass is 1230 g/mol. The second-order valence-electron chi connectivity index (χ2n) is 27.8. The fourth-order valence-electron chi connectivity index (χ4n) is 14.5. The van der Waals surface area contributed by atoms with E-state index < -0.39 is 17.2 Å². The van der Waals surface area contributed by atoms with Gasteiger partial charge in [0.2, 0.25) is 0 Å². The van der Waals surface area contributed by atoms with Crippen LogP contribution in [0.4, 0.5) is 38.5 Å². The van der Waals surface area contributed by atoms with Gasteiger partial charge in [0.15, 0.2) is 0 Å². The molecule has 0 unspecified atom stereocenters. The number of hydrogen-bond donors (Lipinski definition) is 1. The summed E-state index contributed by atoms with van der Waals surface area (Å²) >= 11 is 0. The summed E-state index contributed by atoms with van der Waals surface area (Å²) in [5, 5.41) is 9.66. The van der Waals surface area contributed by atoms with Crippen molar-refractivity contribution in [2.75, 3.05) is 9.80 Å². The predicted octanol–water partition coefficient (Wildman–Crippen LogP) is 24.4. The van der Waals surface area contributed by atoms with Crippen molar-refractivity contribution in [3.05, 3.63) is 347 Å². The van der Waals surface area contributed by atoms with Gasteiger partial charge in [0.25, 0.3) is 0 Å². The number of fused-ring (bicyclic) bond motifs is 10. The molecule has 2 aliphatic carbocycles. The van der Waals surface area contributed by atoms with Gasteiger partial charge in [-0.1, -0.05) is 247 Å². The summed E-state index contributed by atoms with van der Waals surface area (Å²) in [4.78, 5) is 16.4. The molecule has 95 heavy (non-hydrogen) atoms. The van der Waals surface area contributed by atoms with E-state index >= 15 is 0 Å². The van der Waals surface area contributed by atoms with E-state index in [1.807, 2.05) is 24.3 Å². The van der Waals surface area contributed by atoms with Crippen molar-refractivity contribution < 1.29 is 14.3 Å². The number of anilines is 6. The quantitative estimate of drug-likeness (QED) is 0.132. The normalized spacial score (nSPS) is 12.6. The van der Waals surface area contributed by atoms with Crippen molar-refractivity contribution >= 4 is 40.1 Å². The Morgan fingerprint density at radius 3 is 1.19 bits per heavy atom. The van der Waals surface area contributed by atoms with E-state index in [-0.39, 0.29) is 16.4 Å². The fraction of sp³-hybridized carbons (Fsp3) is 0.122. The Morgan fingerprint density at radius 1 is 0.326 bits per heavy atom. The summed E-state index contributed by atoms with van der Waals surface area (Å²) in [6.45, 7) is 18.3. The number of nitrogens with zero attached hydrogens (tertiary/aromatic N) is 2. The number of halogens is 1. The van der Waals surface area contributed by atoms with Crippen molar-refractivity contribution in [3.8, 4) is 77.9 Å². The zero-order valence-electron chi connectivity index (χ0n) is 54.8. The SMILES string of the molecule is Cc1ccc(N(c2ccc(-c3ccc(N(c4ccc(-c5ccc6c(c5)C5(c7cc(C)ccc7-6)c6cc(C(C)(C)C)ccc6-c6ccc(C(C)(C)C)cc65)cc4)c4ccc(-c5ccccc5)cc4-c4ccccc4)cc3)cc2)c2ccc(-c3cc(F)cc(C(=O)O)c3)cc2)cc1. The Bertz CT molecular complexity index is 5030. The number of hydrogen-bond acceptors (Lipinski definition) is 3. The van der Waals surface area contributed by atoms with E-state index in [0.29, 0.717) is 11.1 Å². The van der Waals surface area contributed by atoms with Crippen LogP contribution in [0.15, 0.2) is 291 Å². The average molecular weight is 1230 g/mol. The molecule has 1 spiro atoms. The van der Waals surface area contributed by atoms with Crippen LogP contribution in [0.3, 0.4) is 0 Å². The molecule has 0 bridgehead atoms. The number of benzene rings is 13. The molecule has 0 fully saturated rings. The van der Waals surface area contributed by atoms with Gasteiger partial charge < -0.3 is 14.9 Å². The Hall–Kier alpha value is -11.1. The first-order chi connectivity index (χ1) is 45.9. The van der Waals surface area contributed by atoms with E-state index in [1.165, 1.54) is 78.9 Å². The van der Waals surface area contributed by atoms with Crippen molar-refractivity contribution in [2.45, 2.75) is 71.6 Å². The van der Waals surface area contributed by atoms with E-state index in [1.54, 1.807) is 0 Å². The maximum Gasteiger partial charge on any atom is 0.335 e. The van der Waals surface area contributed by atoms with Crippen LogP contribution in [0.5, 0.6) is 0 Å². The molecular weight excluding hydrogens is 1160 g/mol. The lowest BCUT2D eigenvalue weighted by molar-refractivity contribution is 0.0696. The van der Waals surface area contributed by atoms with Gasteiger partial charge in [-0.05, 0) is 227 Å². The van der Waals surface area contributed by atoms with Crippen molar-refractivity contribution in [1.29, 1.82) is 0 Å². The van der Waals surface area contributed by atoms with E-state index in [2.05, 4.69) is 314 Å². The molecule has 0 amide bonds. The van der Waals surface area contributed by atoms with Crippen molar-refractivity contribution in [1.82, 2.24) is 0 Å². The molecule has 5 heteroatoms. The minimum Gasteiger partial charge on any atom is -0.478 e. The first-order valence-corrected chi connectivity index (χ1v) is 32.8. The smallest absolute Gasteiger partial charge is 0.335 e. The minimum absolute atomic E-state index is 0.0461. The van der Waals surface area contributed by atoms with Gasteiger partial charge in [-0.2, -0.15) is 0 Å². The first-order valence-electron chi connectivity index (χ1n) is 32.8. The summed E-state index contributed by atoms with van der Waals surface area (Å²) in [6, 6.07) is 104. The third kappa shape index (κ3) is 10.8. The zero-order valence-corrected chi connectivity index (χ0v) is 54.8. The summed E-state index contributed by atoms with van der Waals surface area (Å²) < 4.78 is 14.6. The topological polar surface area (TPSA) is 43.8 Å². The second kappa shape index (κ2) is 23.5. The number of aryl methyl sites for hydroxylation is 2. The Labute approximate surface area is 557 Å². The van der Waals surface area contributed by atoms with Gasteiger partial charge in [-0.3, -0.25) is 0 Å². The molecule has 4 nitrogen and oxygen atoms in total. The Morgan fingerprint density at radius 2 is 0.695 bits per heavy atom. The van der Waals surface area contributed by atoms with Gasteiger partial charge in [0.1, 0.15) is 5.82 Å². The number of carbonyl (C=O) groups is 1. The molecule has 0 atom stereocenters. The van der Waals surface area contributed by atoms with E-state index in [4.69, 9.17) is 0 Å². The zero-order chi connectivity index (χ0) is 65.5. The van der Waals surface area contributed by atoms with Gasteiger partial charge in [-0.25, -0.2) is 9.18 Å². The van der Waals surface area contributed by atoms with Crippen molar-refractivity contribution in [2.24, 2.45) is 0 Å². The molecule has 0 aliphatic heterocycles. The molecule has 2 aliphatic rings. The van der Waals surface area contributed by atoms with Gasteiger partial charge in [0, 0.05) is 34.0 Å². The van der Waals surface area contributed by atoms with Gasteiger partial charge >= 0.3 is 5.97 Å². The van der Waals surface area contributed by atoms with Crippen LogP contribution in [0.2, 0.25) is 0 Å². The highest BCUT2D eigenvalue weighted by Crippen LogP contribution is 2.64. The number of aromatic carboxylic acids is 1. The van der Waals surface area contributed by atoms with E-state index in [0.717, 1.165) is 84.7 Å². The summed E-state index contributed by atoms with van der Waals surface area (Å²) in [6.07, 6.45) is 0.